The van der Waals surface area contributed by atoms with Gasteiger partial charge in [-0.1, -0.05) is 13.3 Å². The summed E-state index contributed by atoms with van der Waals surface area (Å²) in [6.07, 6.45) is 5.49. The van der Waals surface area contributed by atoms with Gasteiger partial charge in [-0.2, -0.15) is 0 Å². The van der Waals surface area contributed by atoms with E-state index in [1.54, 1.807) is 0 Å². The Hall–Kier alpha value is -0.0800. The molecule has 1 atom stereocenters. The molecule has 1 fully saturated rings. The Morgan fingerprint density at radius 1 is 1.50 bits per heavy atom. The minimum absolute atomic E-state index is 0.745. The molecule has 1 rings (SSSR count). The van der Waals surface area contributed by atoms with Crippen LogP contribution in [-0.4, -0.2) is 19.6 Å². The van der Waals surface area contributed by atoms with Crippen LogP contribution in [0.4, 0.5) is 0 Å². The highest BCUT2D eigenvalue weighted by Crippen LogP contribution is 2.25. The Kier molecular flexibility index (Phi) is 4.62. The van der Waals surface area contributed by atoms with Gasteiger partial charge in [0.2, 0.25) is 0 Å². The minimum Gasteiger partial charge on any atom is -0.330 e. The number of nitrogens with one attached hydrogen (secondary N) is 1. The molecule has 0 aromatic carbocycles. The Bertz CT molecular complexity index is 110. The molecule has 2 heteroatoms. The highest BCUT2D eigenvalue weighted by atomic mass is 14.9. The number of hydrogen-bond acceptors (Lipinski definition) is 2. The zero-order valence-electron chi connectivity index (χ0n) is 8.18. The zero-order chi connectivity index (χ0) is 8.81. The van der Waals surface area contributed by atoms with E-state index in [9.17, 15) is 0 Å². The molecular weight excluding hydrogens is 148 g/mol. The first-order valence-electron chi connectivity index (χ1n) is 5.23. The highest BCUT2D eigenvalue weighted by molar-refractivity contribution is 4.72. The van der Waals surface area contributed by atoms with Crippen molar-refractivity contribution in [2.75, 3.05) is 19.6 Å². The van der Waals surface area contributed by atoms with Crippen molar-refractivity contribution in [2.45, 2.75) is 32.6 Å². The number of nitrogens with two attached hydrogens (primary N) is 1. The zero-order valence-corrected chi connectivity index (χ0v) is 8.18. The van der Waals surface area contributed by atoms with Gasteiger partial charge in [-0.05, 0) is 50.7 Å². The van der Waals surface area contributed by atoms with Crippen LogP contribution in [0.5, 0.6) is 0 Å². The molecule has 0 aromatic rings. The fourth-order valence-electron chi connectivity index (χ4n) is 1.62. The Morgan fingerprint density at radius 3 is 2.75 bits per heavy atom. The number of hydrogen-bond donors (Lipinski definition) is 2. The standard InChI is InChI=1S/C10H22N2/c1-9(5-6-11)7-12-8-10-3-2-4-10/h9-10,12H,2-8,11H2,1H3. The van der Waals surface area contributed by atoms with Crippen molar-refractivity contribution in [3.05, 3.63) is 0 Å². The first-order valence-corrected chi connectivity index (χ1v) is 5.23. The summed E-state index contributed by atoms with van der Waals surface area (Å²) in [6.45, 7) is 5.47. The molecule has 0 radical (unpaired) electrons. The molecule has 2 nitrogen and oxygen atoms in total. The summed E-state index contributed by atoms with van der Waals surface area (Å²) in [5, 5.41) is 3.52. The van der Waals surface area contributed by atoms with Crippen molar-refractivity contribution in [3.8, 4) is 0 Å². The van der Waals surface area contributed by atoms with E-state index in [4.69, 9.17) is 5.73 Å². The van der Waals surface area contributed by atoms with Crippen LogP contribution in [0, 0.1) is 11.8 Å². The molecule has 1 aliphatic rings. The van der Waals surface area contributed by atoms with Crippen LogP contribution in [0.2, 0.25) is 0 Å². The Balaban J connectivity index is 1.86. The monoisotopic (exact) mass is 170 g/mol. The predicted octanol–water partition coefficient (Wildman–Crippen LogP) is 1.36. The molecule has 72 valence electrons. The molecule has 1 saturated carbocycles. The second-order valence-electron chi connectivity index (χ2n) is 4.14. The first kappa shape index (κ1) is 10.0. The van der Waals surface area contributed by atoms with E-state index in [-0.39, 0.29) is 0 Å². The maximum Gasteiger partial charge on any atom is -0.00204 e. The van der Waals surface area contributed by atoms with E-state index in [1.807, 2.05) is 0 Å². The van der Waals surface area contributed by atoms with Crippen molar-refractivity contribution < 1.29 is 0 Å². The maximum atomic E-state index is 5.47. The highest BCUT2D eigenvalue weighted by Gasteiger charge is 2.16. The third-order valence-electron chi connectivity index (χ3n) is 2.81. The van der Waals surface area contributed by atoms with E-state index in [1.165, 1.54) is 25.8 Å². The van der Waals surface area contributed by atoms with E-state index in [0.717, 1.165) is 31.3 Å². The van der Waals surface area contributed by atoms with Crippen LogP contribution in [0.3, 0.4) is 0 Å². The third-order valence-corrected chi connectivity index (χ3v) is 2.81. The van der Waals surface area contributed by atoms with Gasteiger partial charge in [-0.25, -0.2) is 0 Å². The average Bonchev–Trinajstić information content (AvgIpc) is 1.95. The molecular formula is C10H22N2. The van der Waals surface area contributed by atoms with Crippen LogP contribution in [-0.2, 0) is 0 Å². The fraction of sp³-hybridized carbons (Fsp3) is 1.00. The summed E-state index contributed by atoms with van der Waals surface area (Å²) in [4.78, 5) is 0. The Labute approximate surface area is 75.9 Å². The van der Waals surface area contributed by atoms with Gasteiger partial charge in [-0.3, -0.25) is 0 Å². The van der Waals surface area contributed by atoms with Gasteiger partial charge < -0.3 is 11.1 Å². The molecule has 0 bridgehead atoms. The molecule has 0 aliphatic heterocycles. The minimum atomic E-state index is 0.745. The molecule has 0 saturated heterocycles. The van der Waals surface area contributed by atoms with Crippen molar-refractivity contribution in [1.29, 1.82) is 0 Å². The lowest BCUT2D eigenvalue weighted by atomic mass is 9.85. The third kappa shape index (κ3) is 3.55. The van der Waals surface area contributed by atoms with Crippen LogP contribution in [0.15, 0.2) is 0 Å². The lowest BCUT2D eigenvalue weighted by Gasteiger charge is -2.26. The van der Waals surface area contributed by atoms with E-state index < -0.39 is 0 Å². The van der Waals surface area contributed by atoms with Crippen LogP contribution >= 0.6 is 0 Å². The van der Waals surface area contributed by atoms with Crippen LogP contribution in [0.1, 0.15) is 32.6 Å². The van der Waals surface area contributed by atoms with Gasteiger partial charge in [0.25, 0.3) is 0 Å². The SMILES string of the molecule is CC(CCN)CNCC1CCC1. The Morgan fingerprint density at radius 2 is 2.25 bits per heavy atom. The molecule has 0 amide bonds. The lowest BCUT2D eigenvalue weighted by molar-refractivity contribution is 0.295. The average molecular weight is 170 g/mol. The summed E-state index contributed by atoms with van der Waals surface area (Å²) < 4.78 is 0. The van der Waals surface area contributed by atoms with Gasteiger partial charge in [0, 0.05) is 0 Å². The van der Waals surface area contributed by atoms with Crippen molar-refractivity contribution in [1.82, 2.24) is 5.32 Å². The summed E-state index contributed by atoms with van der Waals surface area (Å²) in [5.41, 5.74) is 5.47. The summed E-state index contributed by atoms with van der Waals surface area (Å²) in [7, 11) is 0. The molecule has 0 aromatic heterocycles. The summed E-state index contributed by atoms with van der Waals surface area (Å²) in [5.74, 6) is 1.73. The van der Waals surface area contributed by atoms with Crippen LogP contribution < -0.4 is 11.1 Å². The summed E-state index contributed by atoms with van der Waals surface area (Å²) >= 11 is 0. The van der Waals surface area contributed by atoms with Gasteiger partial charge in [-0.15, -0.1) is 0 Å². The van der Waals surface area contributed by atoms with Gasteiger partial charge in [0.1, 0.15) is 0 Å². The molecule has 3 N–H and O–H groups in total. The van der Waals surface area contributed by atoms with Crippen molar-refractivity contribution in [2.24, 2.45) is 17.6 Å². The second-order valence-corrected chi connectivity index (χ2v) is 4.14. The van der Waals surface area contributed by atoms with Crippen molar-refractivity contribution >= 4 is 0 Å². The van der Waals surface area contributed by atoms with E-state index >= 15 is 0 Å². The first-order chi connectivity index (χ1) is 5.83. The van der Waals surface area contributed by atoms with Crippen LogP contribution in [0.25, 0.3) is 0 Å². The van der Waals surface area contributed by atoms with E-state index in [0.29, 0.717) is 0 Å². The largest absolute Gasteiger partial charge is 0.330 e. The lowest BCUT2D eigenvalue weighted by Crippen LogP contribution is -2.30. The molecule has 1 unspecified atom stereocenters. The molecule has 1 aliphatic carbocycles. The predicted molar refractivity (Wildman–Crippen MR) is 53.0 cm³/mol. The van der Waals surface area contributed by atoms with Gasteiger partial charge >= 0.3 is 0 Å². The quantitative estimate of drug-likeness (QED) is 0.631. The topological polar surface area (TPSA) is 38.0 Å². The van der Waals surface area contributed by atoms with Gasteiger partial charge in [0.05, 0.1) is 0 Å². The molecule has 0 heterocycles. The van der Waals surface area contributed by atoms with Gasteiger partial charge in [0.15, 0.2) is 0 Å². The van der Waals surface area contributed by atoms with Crippen molar-refractivity contribution in [3.63, 3.8) is 0 Å². The van der Waals surface area contributed by atoms with E-state index in [2.05, 4.69) is 12.2 Å². The maximum absolute atomic E-state index is 5.47. The normalized spacial score (nSPS) is 20.5. The summed E-state index contributed by atoms with van der Waals surface area (Å²) in [6, 6.07) is 0. The molecule has 0 spiro atoms. The smallest absolute Gasteiger partial charge is 0.00204 e. The number of rotatable bonds is 6. The second kappa shape index (κ2) is 5.55. The fourth-order valence-corrected chi connectivity index (χ4v) is 1.62. The molecule has 12 heavy (non-hydrogen) atoms.